The number of carbonyl (C=O) groups is 2. The van der Waals surface area contributed by atoms with E-state index in [9.17, 15) is 23.1 Å². The molecule has 2 aromatic carbocycles. The number of benzene rings is 2. The second-order valence-corrected chi connectivity index (χ2v) is 12.9. The van der Waals surface area contributed by atoms with Crippen LogP contribution in [-0.2, 0) is 24.3 Å². The van der Waals surface area contributed by atoms with Crippen LogP contribution in [0.4, 0.5) is 4.79 Å². The lowest BCUT2D eigenvalue weighted by Crippen LogP contribution is -2.50. The van der Waals surface area contributed by atoms with Gasteiger partial charge in [0.1, 0.15) is 16.4 Å². The number of carboxylic acid groups (broad SMARTS) is 1. The van der Waals surface area contributed by atoms with Crippen molar-refractivity contribution in [3.63, 3.8) is 0 Å². The predicted molar refractivity (Wildman–Crippen MR) is 147 cm³/mol. The number of hydrogen-bond donors (Lipinski definition) is 1. The summed E-state index contributed by atoms with van der Waals surface area (Å²) < 4.78 is 39.8. The van der Waals surface area contributed by atoms with Gasteiger partial charge >= 0.3 is 12.1 Å². The molecule has 0 spiro atoms. The van der Waals surface area contributed by atoms with E-state index in [0.29, 0.717) is 36.2 Å². The first kappa shape index (κ1) is 27.6. The van der Waals surface area contributed by atoms with Crippen molar-refractivity contribution >= 4 is 45.0 Å². The molecule has 1 amide bonds. The van der Waals surface area contributed by atoms with Crippen LogP contribution in [0, 0.1) is 0 Å². The first-order valence-electron chi connectivity index (χ1n) is 12.4. The molecule has 12 heteroatoms. The van der Waals surface area contributed by atoms with Gasteiger partial charge in [0.05, 0.1) is 13.2 Å². The van der Waals surface area contributed by atoms with Crippen molar-refractivity contribution in [2.45, 2.75) is 22.1 Å². The quantitative estimate of drug-likeness (QED) is 0.389. The number of halogens is 1. The van der Waals surface area contributed by atoms with Crippen LogP contribution in [0.15, 0.2) is 70.9 Å². The standard InChI is InChI=1S/C27H27ClN2O7S2/c28-21-8-6-20(7-9-21)23-10-11-24(38-23)39(34,35)30(14-17-37-26(33)29-12-15-36-16-13-29)27(25(31)32)18-22(27)19-4-2-1-3-5-19/h1-11,22H,12-18H2,(H,31,32)/t22-,27-/m1/s1. The summed E-state index contributed by atoms with van der Waals surface area (Å²) in [5.41, 5.74) is -0.174. The molecule has 2 heterocycles. The van der Waals surface area contributed by atoms with Gasteiger partial charge in [0, 0.05) is 35.5 Å². The van der Waals surface area contributed by atoms with Crippen LogP contribution in [0.3, 0.4) is 0 Å². The minimum absolute atomic E-state index is 0.00583. The van der Waals surface area contributed by atoms with Gasteiger partial charge < -0.3 is 19.5 Å². The molecule has 1 aliphatic carbocycles. The summed E-state index contributed by atoms with van der Waals surface area (Å²) in [5.74, 6) is -1.79. The summed E-state index contributed by atoms with van der Waals surface area (Å²) in [4.78, 5) is 27.5. The van der Waals surface area contributed by atoms with Crippen LogP contribution < -0.4 is 0 Å². The second-order valence-electron chi connectivity index (χ2n) is 9.31. The van der Waals surface area contributed by atoms with Gasteiger partial charge in [-0.1, -0.05) is 54.1 Å². The lowest BCUT2D eigenvalue weighted by molar-refractivity contribution is -0.143. The number of rotatable bonds is 9. The zero-order valence-electron chi connectivity index (χ0n) is 20.9. The fourth-order valence-electron chi connectivity index (χ4n) is 4.87. The number of aliphatic carboxylic acids is 1. The Hall–Kier alpha value is -2.96. The molecule has 2 atom stereocenters. The zero-order valence-corrected chi connectivity index (χ0v) is 23.3. The van der Waals surface area contributed by atoms with Crippen LogP contribution in [0.1, 0.15) is 17.9 Å². The maximum Gasteiger partial charge on any atom is 0.409 e. The van der Waals surface area contributed by atoms with E-state index >= 15 is 0 Å². The molecule has 9 nitrogen and oxygen atoms in total. The van der Waals surface area contributed by atoms with Gasteiger partial charge in [-0.15, -0.1) is 11.3 Å². The van der Waals surface area contributed by atoms with Crippen LogP contribution in [0.5, 0.6) is 0 Å². The van der Waals surface area contributed by atoms with Gasteiger partial charge in [-0.3, -0.25) is 4.79 Å². The summed E-state index contributed by atoms with van der Waals surface area (Å²) in [5, 5.41) is 11.0. The topological polar surface area (TPSA) is 113 Å². The molecule has 39 heavy (non-hydrogen) atoms. The van der Waals surface area contributed by atoms with Gasteiger partial charge in [-0.25, -0.2) is 13.2 Å². The van der Waals surface area contributed by atoms with E-state index in [1.165, 1.54) is 11.0 Å². The van der Waals surface area contributed by atoms with Crippen molar-refractivity contribution < 1.29 is 32.6 Å². The Balaban J connectivity index is 1.44. The third-order valence-electron chi connectivity index (χ3n) is 6.99. The van der Waals surface area contributed by atoms with Gasteiger partial charge in [-0.2, -0.15) is 4.31 Å². The highest BCUT2D eigenvalue weighted by Gasteiger charge is 2.68. The number of thiophene rings is 1. The number of hydrogen-bond acceptors (Lipinski definition) is 7. The molecule has 1 N–H and O–H groups in total. The predicted octanol–water partition coefficient (Wildman–Crippen LogP) is 4.54. The third kappa shape index (κ3) is 5.55. The normalized spacial score (nSPS) is 21.1. The average molecular weight is 591 g/mol. The number of sulfonamides is 1. The molecule has 206 valence electrons. The van der Waals surface area contributed by atoms with Crippen molar-refractivity contribution in [1.29, 1.82) is 0 Å². The highest BCUT2D eigenvalue weighted by molar-refractivity contribution is 7.91. The molecule has 0 unspecified atom stereocenters. The van der Waals surface area contributed by atoms with E-state index in [0.717, 1.165) is 26.8 Å². The Morgan fingerprint density at radius 2 is 1.77 bits per heavy atom. The fraction of sp³-hybridized carbons (Fsp3) is 0.333. The van der Waals surface area contributed by atoms with Crippen LogP contribution in [0.25, 0.3) is 10.4 Å². The fourth-order valence-corrected chi connectivity index (χ4v) is 8.18. The molecule has 1 aromatic heterocycles. The largest absolute Gasteiger partial charge is 0.480 e. The first-order valence-corrected chi connectivity index (χ1v) is 15.0. The molecule has 2 aliphatic rings. The number of ether oxygens (including phenoxy) is 2. The number of carboxylic acids is 1. The van der Waals surface area contributed by atoms with Crippen LogP contribution >= 0.6 is 22.9 Å². The van der Waals surface area contributed by atoms with E-state index < -0.39 is 33.5 Å². The SMILES string of the molecule is O=C(OCCN([C@]1(C(=O)O)C[C@@H]1c1ccccc1)S(=O)(=O)c1ccc(-c2ccc(Cl)cc2)s1)N1CCOCC1. The number of nitrogens with zero attached hydrogens (tertiary/aromatic N) is 2. The highest BCUT2D eigenvalue weighted by atomic mass is 35.5. The lowest BCUT2D eigenvalue weighted by Gasteiger charge is -2.30. The van der Waals surface area contributed by atoms with E-state index in [2.05, 4.69) is 0 Å². The summed E-state index contributed by atoms with van der Waals surface area (Å²) in [6.07, 6.45) is -0.477. The molecule has 0 bridgehead atoms. The van der Waals surface area contributed by atoms with Gasteiger partial charge in [-0.05, 0) is 41.8 Å². The van der Waals surface area contributed by atoms with Crippen molar-refractivity contribution in [2.75, 3.05) is 39.5 Å². The van der Waals surface area contributed by atoms with Crippen LogP contribution in [-0.4, -0.2) is 79.8 Å². The maximum atomic E-state index is 14.1. The highest BCUT2D eigenvalue weighted by Crippen LogP contribution is 2.57. The Morgan fingerprint density at radius 1 is 1.08 bits per heavy atom. The van der Waals surface area contributed by atoms with E-state index in [4.69, 9.17) is 21.1 Å². The molecule has 1 saturated heterocycles. The van der Waals surface area contributed by atoms with Gasteiger partial charge in [0.25, 0.3) is 10.0 Å². The Morgan fingerprint density at radius 3 is 2.44 bits per heavy atom. The third-order valence-corrected chi connectivity index (χ3v) is 10.8. The Labute approximate surface area is 235 Å². The molecule has 2 fully saturated rings. The maximum absolute atomic E-state index is 14.1. The molecule has 1 saturated carbocycles. The second kappa shape index (κ2) is 11.3. The van der Waals surface area contributed by atoms with Crippen molar-refractivity contribution in [1.82, 2.24) is 9.21 Å². The lowest BCUT2D eigenvalue weighted by atomic mass is 10.1. The van der Waals surface area contributed by atoms with Gasteiger partial charge in [0.2, 0.25) is 0 Å². The smallest absolute Gasteiger partial charge is 0.409 e. The van der Waals surface area contributed by atoms with Crippen molar-refractivity contribution in [3.05, 3.63) is 77.3 Å². The minimum atomic E-state index is -4.28. The molecule has 3 aromatic rings. The van der Waals surface area contributed by atoms with Crippen molar-refractivity contribution in [2.24, 2.45) is 0 Å². The monoisotopic (exact) mass is 590 g/mol. The number of amides is 1. The summed E-state index contributed by atoms with van der Waals surface area (Å²) in [6.45, 7) is 0.941. The van der Waals surface area contributed by atoms with Gasteiger partial charge in [0.15, 0.2) is 0 Å². The average Bonchev–Trinajstić information content (AvgIpc) is 3.49. The van der Waals surface area contributed by atoms with E-state index in [1.54, 1.807) is 54.6 Å². The Kier molecular flexibility index (Phi) is 7.97. The van der Waals surface area contributed by atoms with E-state index in [1.807, 2.05) is 6.07 Å². The van der Waals surface area contributed by atoms with Crippen LogP contribution in [0.2, 0.25) is 5.02 Å². The zero-order chi connectivity index (χ0) is 27.6. The molecular weight excluding hydrogens is 564 g/mol. The molecular formula is C27H27ClN2O7S2. The summed E-state index contributed by atoms with van der Waals surface area (Å²) >= 11 is 7.04. The Bertz CT molecular complexity index is 1440. The molecule has 5 rings (SSSR count). The van der Waals surface area contributed by atoms with Crippen molar-refractivity contribution in [3.8, 4) is 10.4 Å². The number of morpholine rings is 1. The summed E-state index contributed by atoms with van der Waals surface area (Å²) in [6, 6.07) is 19.2. The molecule has 0 radical (unpaired) electrons. The summed E-state index contributed by atoms with van der Waals surface area (Å²) in [7, 11) is -4.28. The first-order chi connectivity index (χ1) is 18.7. The number of carbonyl (C=O) groups excluding carboxylic acids is 1. The minimum Gasteiger partial charge on any atom is -0.480 e. The van der Waals surface area contributed by atoms with E-state index in [-0.39, 0.29) is 23.8 Å². The molecule has 1 aliphatic heterocycles.